The zero-order chi connectivity index (χ0) is 7.28. The number of hydrogen-bond donors (Lipinski definition) is 1. The lowest BCUT2D eigenvalue weighted by atomic mass is 10.1. The second-order valence-corrected chi connectivity index (χ2v) is 2.51. The fourth-order valence-corrected chi connectivity index (χ4v) is 0.990. The maximum absolute atomic E-state index is 3.37. The summed E-state index contributed by atoms with van der Waals surface area (Å²) < 4.78 is 0. The van der Waals surface area contributed by atoms with Crippen molar-refractivity contribution in [3.8, 4) is 0 Å². The zero-order valence-corrected chi connectivity index (χ0v) is 7.07. The smallest absolute Gasteiger partial charge is 0.00648 e. The van der Waals surface area contributed by atoms with Gasteiger partial charge in [0, 0.05) is 6.04 Å². The van der Waals surface area contributed by atoms with Crippen molar-refractivity contribution >= 4 is 0 Å². The van der Waals surface area contributed by atoms with Crippen LogP contribution in [0.2, 0.25) is 0 Å². The van der Waals surface area contributed by atoms with E-state index in [4.69, 9.17) is 0 Å². The third-order valence-corrected chi connectivity index (χ3v) is 1.92. The van der Waals surface area contributed by atoms with E-state index in [1.807, 2.05) is 13.8 Å². The SMILES string of the molecule is CC.CC1NCC[C@H]1C. The van der Waals surface area contributed by atoms with Gasteiger partial charge in [0.15, 0.2) is 0 Å². The van der Waals surface area contributed by atoms with E-state index in [0.29, 0.717) is 0 Å². The third kappa shape index (κ3) is 2.85. The van der Waals surface area contributed by atoms with Gasteiger partial charge >= 0.3 is 0 Å². The van der Waals surface area contributed by atoms with E-state index in [1.54, 1.807) is 0 Å². The van der Waals surface area contributed by atoms with Crippen LogP contribution in [0, 0.1) is 5.92 Å². The Morgan fingerprint density at radius 1 is 1.22 bits per heavy atom. The molecule has 1 unspecified atom stereocenters. The molecule has 0 aromatic carbocycles. The van der Waals surface area contributed by atoms with Crippen LogP contribution in [0.25, 0.3) is 0 Å². The molecule has 1 saturated heterocycles. The van der Waals surface area contributed by atoms with Crippen molar-refractivity contribution < 1.29 is 0 Å². The van der Waals surface area contributed by atoms with Crippen LogP contribution in [-0.2, 0) is 0 Å². The standard InChI is InChI=1S/C6H13N.C2H6/c1-5-3-4-7-6(5)2;1-2/h5-7H,3-4H2,1-2H3;1-2H3/t5-,6?;/m1./s1. The largest absolute Gasteiger partial charge is 0.314 e. The van der Waals surface area contributed by atoms with Crippen LogP contribution in [0.15, 0.2) is 0 Å². The van der Waals surface area contributed by atoms with Crippen LogP contribution < -0.4 is 5.32 Å². The van der Waals surface area contributed by atoms with Crippen molar-refractivity contribution in [1.29, 1.82) is 0 Å². The van der Waals surface area contributed by atoms with Crippen molar-refractivity contribution in [2.24, 2.45) is 5.92 Å². The molecule has 1 heterocycles. The Bertz CT molecular complexity index is 53.6. The molecule has 0 radical (unpaired) electrons. The molecular weight excluding hydrogens is 110 g/mol. The van der Waals surface area contributed by atoms with Crippen molar-refractivity contribution in [2.45, 2.75) is 40.2 Å². The minimum Gasteiger partial charge on any atom is -0.314 e. The summed E-state index contributed by atoms with van der Waals surface area (Å²) in [5.74, 6) is 0.903. The van der Waals surface area contributed by atoms with Gasteiger partial charge in [0.1, 0.15) is 0 Å². The molecule has 0 spiro atoms. The van der Waals surface area contributed by atoms with E-state index < -0.39 is 0 Å². The Hall–Kier alpha value is -0.0400. The molecule has 56 valence electrons. The van der Waals surface area contributed by atoms with Gasteiger partial charge in [-0.2, -0.15) is 0 Å². The summed E-state index contributed by atoms with van der Waals surface area (Å²) in [5, 5.41) is 3.37. The van der Waals surface area contributed by atoms with Gasteiger partial charge in [0.05, 0.1) is 0 Å². The predicted molar refractivity (Wildman–Crippen MR) is 42.6 cm³/mol. The minimum atomic E-state index is 0.764. The van der Waals surface area contributed by atoms with E-state index in [-0.39, 0.29) is 0 Å². The lowest BCUT2D eigenvalue weighted by Crippen LogP contribution is -2.20. The van der Waals surface area contributed by atoms with E-state index in [0.717, 1.165) is 12.0 Å². The number of rotatable bonds is 0. The fourth-order valence-electron chi connectivity index (χ4n) is 0.990. The Morgan fingerprint density at radius 3 is 1.89 bits per heavy atom. The van der Waals surface area contributed by atoms with Crippen molar-refractivity contribution in [1.82, 2.24) is 5.32 Å². The highest BCUT2D eigenvalue weighted by Crippen LogP contribution is 2.12. The molecule has 0 aromatic rings. The summed E-state index contributed by atoms with van der Waals surface area (Å²) in [5.41, 5.74) is 0. The summed E-state index contributed by atoms with van der Waals surface area (Å²) in [6, 6.07) is 0.764. The van der Waals surface area contributed by atoms with Crippen LogP contribution in [0.4, 0.5) is 0 Å². The Morgan fingerprint density at radius 2 is 1.78 bits per heavy atom. The Labute approximate surface area is 58.8 Å². The molecule has 1 fully saturated rings. The average molecular weight is 129 g/mol. The highest BCUT2D eigenvalue weighted by molar-refractivity contribution is 4.75. The van der Waals surface area contributed by atoms with E-state index in [2.05, 4.69) is 19.2 Å². The maximum Gasteiger partial charge on any atom is 0.00648 e. The molecule has 1 aliphatic rings. The van der Waals surface area contributed by atoms with Gasteiger partial charge < -0.3 is 5.32 Å². The molecule has 9 heavy (non-hydrogen) atoms. The van der Waals surface area contributed by atoms with Gasteiger partial charge in [-0.25, -0.2) is 0 Å². The molecule has 1 heteroatoms. The van der Waals surface area contributed by atoms with Gasteiger partial charge in [0.25, 0.3) is 0 Å². The molecule has 0 aromatic heterocycles. The fraction of sp³-hybridized carbons (Fsp3) is 1.00. The van der Waals surface area contributed by atoms with Gasteiger partial charge in [-0.3, -0.25) is 0 Å². The highest BCUT2D eigenvalue weighted by Gasteiger charge is 2.16. The highest BCUT2D eigenvalue weighted by atomic mass is 14.9. The molecule has 1 aliphatic heterocycles. The normalized spacial score (nSPS) is 33.3. The summed E-state index contributed by atoms with van der Waals surface area (Å²) in [6.45, 7) is 9.77. The summed E-state index contributed by atoms with van der Waals surface area (Å²) in [6.07, 6.45) is 1.36. The lowest BCUT2D eigenvalue weighted by molar-refractivity contribution is 0.519. The predicted octanol–water partition coefficient (Wildman–Crippen LogP) is 2.03. The topological polar surface area (TPSA) is 12.0 Å². The molecule has 1 nitrogen and oxygen atoms in total. The second kappa shape index (κ2) is 4.80. The van der Waals surface area contributed by atoms with E-state index in [1.165, 1.54) is 13.0 Å². The first-order valence-electron chi connectivity index (χ1n) is 4.04. The molecule has 0 bridgehead atoms. The second-order valence-electron chi connectivity index (χ2n) is 2.51. The average Bonchev–Trinajstić information content (AvgIpc) is 2.23. The van der Waals surface area contributed by atoms with Crippen molar-refractivity contribution in [3.05, 3.63) is 0 Å². The Kier molecular flexibility index (Phi) is 4.78. The molecule has 0 saturated carbocycles. The summed E-state index contributed by atoms with van der Waals surface area (Å²) >= 11 is 0. The molecule has 1 N–H and O–H groups in total. The summed E-state index contributed by atoms with van der Waals surface area (Å²) in [7, 11) is 0. The van der Waals surface area contributed by atoms with E-state index >= 15 is 0 Å². The molecule has 0 amide bonds. The first kappa shape index (κ1) is 8.96. The molecule has 2 atom stereocenters. The minimum absolute atomic E-state index is 0.764. The lowest BCUT2D eigenvalue weighted by Gasteiger charge is -2.05. The number of hydrogen-bond acceptors (Lipinski definition) is 1. The van der Waals surface area contributed by atoms with Crippen molar-refractivity contribution in [3.63, 3.8) is 0 Å². The maximum atomic E-state index is 3.37. The van der Waals surface area contributed by atoms with Crippen LogP contribution >= 0.6 is 0 Å². The van der Waals surface area contributed by atoms with Crippen LogP contribution in [0.3, 0.4) is 0 Å². The monoisotopic (exact) mass is 129 g/mol. The zero-order valence-electron chi connectivity index (χ0n) is 7.07. The quantitative estimate of drug-likeness (QED) is 0.527. The van der Waals surface area contributed by atoms with Gasteiger partial charge in [-0.1, -0.05) is 20.8 Å². The van der Waals surface area contributed by atoms with Gasteiger partial charge in [-0.15, -0.1) is 0 Å². The first-order chi connectivity index (χ1) is 4.30. The van der Waals surface area contributed by atoms with Crippen LogP contribution in [0.1, 0.15) is 34.1 Å². The first-order valence-corrected chi connectivity index (χ1v) is 4.04. The Balaban J connectivity index is 0.000000291. The third-order valence-electron chi connectivity index (χ3n) is 1.92. The van der Waals surface area contributed by atoms with Gasteiger partial charge in [0.2, 0.25) is 0 Å². The van der Waals surface area contributed by atoms with Crippen LogP contribution in [-0.4, -0.2) is 12.6 Å². The number of nitrogens with one attached hydrogen (secondary N) is 1. The molecule has 1 rings (SSSR count). The van der Waals surface area contributed by atoms with Gasteiger partial charge in [-0.05, 0) is 25.8 Å². The molecular formula is C8H19N. The van der Waals surface area contributed by atoms with Crippen molar-refractivity contribution in [2.75, 3.05) is 6.54 Å². The van der Waals surface area contributed by atoms with Crippen LogP contribution in [0.5, 0.6) is 0 Å². The molecule has 0 aliphatic carbocycles. The van der Waals surface area contributed by atoms with E-state index in [9.17, 15) is 0 Å². The summed E-state index contributed by atoms with van der Waals surface area (Å²) in [4.78, 5) is 0.